The van der Waals surface area contributed by atoms with Crippen molar-refractivity contribution in [2.45, 2.75) is 17.9 Å². The molecule has 0 amide bonds. The summed E-state index contributed by atoms with van der Waals surface area (Å²) in [4.78, 5) is 0.205. The van der Waals surface area contributed by atoms with Crippen LogP contribution in [0.3, 0.4) is 0 Å². The second kappa shape index (κ2) is 7.35. The van der Waals surface area contributed by atoms with E-state index in [1.54, 1.807) is 17.8 Å². The SMILES string of the molecule is CSCCCNS(=O)(=O)c1ccc(Cl)c(CN)c1. The van der Waals surface area contributed by atoms with Gasteiger partial charge in [-0.1, -0.05) is 11.6 Å². The predicted octanol–water partition coefficient (Wildman–Crippen LogP) is 1.83. The molecule has 0 saturated carbocycles. The van der Waals surface area contributed by atoms with Crippen molar-refractivity contribution >= 4 is 33.4 Å². The lowest BCUT2D eigenvalue weighted by molar-refractivity contribution is 0.581. The van der Waals surface area contributed by atoms with Crippen LogP contribution in [0.2, 0.25) is 5.02 Å². The predicted molar refractivity (Wildman–Crippen MR) is 77.5 cm³/mol. The van der Waals surface area contributed by atoms with Gasteiger partial charge in [-0.2, -0.15) is 11.8 Å². The van der Waals surface area contributed by atoms with Gasteiger partial charge in [0, 0.05) is 18.1 Å². The molecular weight excluding hydrogens is 292 g/mol. The first-order valence-corrected chi connectivity index (χ1v) is 8.74. The number of nitrogens with two attached hydrogens (primary N) is 1. The van der Waals surface area contributed by atoms with Crippen LogP contribution in [-0.4, -0.2) is 27.0 Å². The molecule has 0 fully saturated rings. The molecule has 18 heavy (non-hydrogen) atoms. The van der Waals surface area contributed by atoms with E-state index in [-0.39, 0.29) is 11.4 Å². The average Bonchev–Trinajstić information content (AvgIpc) is 2.35. The Kier molecular flexibility index (Phi) is 6.45. The van der Waals surface area contributed by atoms with E-state index < -0.39 is 10.0 Å². The molecule has 1 aromatic carbocycles. The fourth-order valence-corrected chi connectivity index (χ4v) is 3.13. The summed E-state index contributed by atoms with van der Waals surface area (Å²) in [6.07, 6.45) is 2.79. The van der Waals surface area contributed by atoms with Gasteiger partial charge in [0.15, 0.2) is 0 Å². The highest BCUT2D eigenvalue weighted by atomic mass is 35.5. The molecular formula is C11H17ClN2O2S2. The van der Waals surface area contributed by atoms with Gasteiger partial charge in [-0.05, 0) is 42.2 Å². The maximum Gasteiger partial charge on any atom is 0.240 e. The van der Waals surface area contributed by atoms with Gasteiger partial charge in [0.2, 0.25) is 10.0 Å². The van der Waals surface area contributed by atoms with Crippen molar-refractivity contribution in [2.24, 2.45) is 5.73 Å². The topological polar surface area (TPSA) is 72.2 Å². The molecule has 0 aliphatic rings. The van der Waals surface area contributed by atoms with Crippen molar-refractivity contribution in [3.8, 4) is 0 Å². The summed E-state index contributed by atoms with van der Waals surface area (Å²) in [6.45, 7) is 0.651. The molecule has 0 atom stereocenters. The highest BCUT2D eigenvalue weighted by Crippen LogP contribution is 2.19. The quantitative estimate of drug-likeness (QED) is 0.754. The third-order valence-corrected chi connectivity index (χ3v) is 4.89. The maximum absolute atomic E-state index is 12.0. The standard InChI is InChI=1S/C11H17ClN2O2S2/c1-17-6-2-5-14-18(15,16)10-3-4-11(12)9(7-10)8-13/h3-4,7,14H,2,5-6,8,13H2,1H3. The van der Waals surface area contributed by atoms with Gasteiger partial charge in [0.1, 0.15) is 0 Å². The molecule has 1 rings (SSSR count). The molecule has 0 aromatic heterocycles. The van der Waals surface area contributed by atoms with E-state index >= 15 is 0 Å². The number of nitrogens with one attached hydrogen (secondary N) is 1. The Morgan fingerprint density at radius 3 is 2.78 bits per heavy atom. The molecule has 0 aliphatic heterocycles. The number of rotatable bonds is 7. The van der Waals surface area contributed by atoms with Crippen molar-refractivity contribution in [1.82, 2.24) is 4.72 Å². The van der Waals surface area contributed by atoms with E-state index in [1.165, 1.54) is 12.1 Å². The minimum Gasteiger partial charge on any atom is -0.326 e. The van der Waals surface area contributed by atoms with E-state index in [1.807, 2.05) is 6.26 Å². The molecule has 0 spiro atoms. The molecule has 0 radical (unpaired) electrons. The first kappa shape index (κ1) is 15.8. The van der Waals surface area contributed by atoms with Gasteiger partial charge in [0.25, 0.3) is 0 Å². The molecule has 7 heteroatoms. The van der Waals surface area contributed by atoms with E-state index in [0.29, 0.717) is 17.1 Å². The van der Waals surface area contributed by atoms with Gasteiger partial charge in [-0.25, -0.2) is 13.1 Å². The van der Waals surface area contributed by atoms with Gasteiger partial charge in [-0.15, -0.1) is 0 Å². The van der Waals surface area contributed by atoms with Crippen molar-refractivity contribution < 1.29 is 8.42 Å². The summed E-state index contributed by atoms with van der Waals surface area (Å²) < 4.78 is 26.5. The maximum atomic E-state index is 12.0. The lowest BCUT2D eigenvalue weighted by Crippen LogP contribution is -2.25. The van der Waals surface area contributed by atoms with Crippen molar-refractivity contribution in [3.05, 3.63) is 28.8 Å². The normalized spacial score (nSPS) is 11.7. The molecule has 0 heterocycles. The minimum absolute atomic E-state index is 0.205. The Bertz CT molecular complexity index is 492. The molecule has 4 nitrogen and oxygen atoms in total. The lowest BCUT2D eigenvalue weighted by Gasteiger charge is -2.08. The number of benzene rings is 1. The number of sulfonamides is 1. The zero-order valence-electron chi connectivity index (χ0n) is 10.1. The Hall–Kier alpha value is -0.270. The van der Waals surface area contributed by atoms with Crippen LogP contribution >= 0.6 is 23.4 Å². The zero-order chi connectivity index (χ0) is 13.6. The van der Waals surface area contributed by atoms with Crippen LogP contribution in [0.4, 0.5) is 0 Å². The van der Waals surface area contributed by atoms with Crippen LogP contribution in [0, 0.1) is 0 Å². The van der Waals surface area contributed by atoms with E-state index in [4.69, 9.17) is 17.3 Å². The van der Waals surface area contributed by atoms with Crippen LogP contribution in [0.15, 0.2) is 23.1 Å². The first-order valence-electron chi connectivity index (χ1n) is 5.48. The summed E-state index contributed by atoms with van der Waals surface area (Å²) in [5, 5.41) is 0.485. The van der Waals surface area contributed by atoms with Crippen LogP contribution in [0.5, 0.6) is 0 Å². The lowest BCUT2D eigenvalue weighted by atomic mass is 10.2. The second-order valence-electron chi connectivity index (χ2n) is 3.70. The number of thioether (sulfide) groups is 1. The van der Waals surface area contributed by atoms with Crippen molar-refractivity contribution in [2.75, 3.05) is 18.6 Å². The Morgan fingerprint density at radius 2 is 2.17 bits per heavy atom. The van der Waals surface area contributed by atoms with Crippen molar-refractivity contribution in [1.29, 1.82) is 0 Å². The highest BCUT2D eigenvalue weighted by Gasteiger charge is 2.14. The van der Waals surface area contributed by atoms with Gasteiger partial charge < -0.3 is 5.73 Å². The summed E-state index contributed by atoms with van der Waals surface area (Å²) >= 11 is 7.58. The highest BCUT2D eigenvalue weighted by molar-refractivity contribution is 7.98. The molecule has 0 aliphatic carbocycles. The van der Waals surface area contributed by atoms with Crippen LogP contribution in [0.25, 0.3) is 0 Å². The van der Waals surface area contributed by atoms with E-state index in [2.05, 4.69) is 4.72 Å². The Morgan fingerprint density at radius 1 is 1.44 bits per heavy atom. The van der Waals surface area contributed by atoms with Gasteiger partial charge >= 0.3 is 0 Å². The van der Waals surface area contributed by atoms with Crippen LogP contribution < -0.4 is 10.5 Å². The summed E-state index contributed by atoms with van der Waals surface area (Å²) in [5.74, 6) is 0.928. The third-order valence-electron chi connectivity index (χ3n) is 2.36. The average molecular weight is 309 g/mol. The van der Waals surface area contributed by atoms with E-state index in [9.17, 15) is 8.42 Å². The van der Waals surface area contributed by atoms with Crippen LogP contribution in [-0.2, 0) is 16.6 Å². The zero-order valence-corrected chi connectivity index (χ0v) is 12.5. The largest absolute Gasteiger partial charge is 0.326 e. The Labute approximate surface area is 117 Å². The van der Waals surface area contributed by atoms with Gasteiger partial charge in [0.05, 0.1) is 4.90 Å². The molecule has 1 aromatic rings. The molecule has 0 bridgehead atoms. The van der Waals surface area contributed by atoms with E-state index in [0.717, 1.165) is 12.2 Å². The summed E-state index contributed by atoms with van der Waals surface area (Å²) in [7, 11) is -3.46. The molecule has 102 valence electrons. The summed E-state index contributed by atoms with van der Waals surface area (Å²) in [5.41, 5.74) is 6.13. The fraction of sp³-hybridized carbons (Fsp3) is 0.455. The minimum atomic E-state index is -3.46. The van der Waals surface area contributed by atoms with Crippen molar-refractivity contribution in [3.63, 3.8) is 0 Å². The smallest absolute Gasteiger partial charge is 0.240 e. The summed E-state index contributed by atoms with van der Waals surface area (Å²) in [6, 6.07) is 4.55. The number of halogens is 1. The second-order valence-corrected chi connectivity index (χ2v) is 6.86. The molecule has 3 N–H and O–H groups in total. The number of hydrogen-bond acceptors (Lipinski definition) is 4. The first-order chi connectivity index (χ1) is 8.51. The number of hydrogen-bond donors (Lipinski definition) is 2. The third kappa shape index (κ3) is 4.44. The van der Waals surface area contributed by atoms with Crippen LogP contribution in [0.1, 0.15) is 12.0 Å². The Balaban J connectivity index is 2.78. The molecule has 0 saturated heterocycles. The molecule has 0 unspecified atom stereocenters. The fourth-order valence-electron chi connectivity index (χ4n) is 1.38. The van der Waals surface area contributed by atoms with Gasteiger partial charge in [-0.3, -0.25) is 0 Å². The monoisotopic (exact) mass is 308 g/mol.